The van der Waals surface area contributed by atoms with Crippen LogP contribution in [0.25, 0.3) is 6.08 Å². The van der Waals surface area contributed by atoms with Crippen LogP contribution >= 0.6 is 12.2 Å². The van der Waals surface area contributed by atoms with Gasteiger partial charge in [0.05, 0.1) is 27.4 Å². The van der Waals surface area contributed by atoms with Crippen molar-refractivity contribution in [3.8, 4) is 17.2 Å². The third kappa shape index (κ3) is 3.66. The second-order valence-corrected chi connectivity index (χ2v) is 6.59. The van der Waals surface area contributed by atoms with Crippen LogP contribution in [-0.4, -0.2) is 37.2 Å². The lowest BCUT2D eigenvalue weighted by Gasteiger charge is -2.23. The number of nitrogens with one attached hydrogen (secondary N) is 1. The van der Waals surface area contributed by atoms with E-state index in [0.29, 0.717) is 33.6 Å². The van der Waals surface area contributed by atoms with Gasteiger partial charge in [0.1, 0.15) is 11.4 Å². The second kappa shape index (κ2) is 8.31. The molecule has 0 aromatic heterocycles. The predicted molar refractivity (Wildman–Crippen MR) is 112 cm³/mol. The number of methoxy groups -OCH3 is 3. The van der Waals surface area contributed by atoms with Gasteiger partial charge in [-0.15, -0.1) is 0 Å². The molecule has 6 nitrogen and oxygen atoms in total. The van der Waals surface area contributed by atoms with E-state index in [0.717, 1.165) is 5.56 Å². The lowest BCUT2D eigenvalue weighted by atomic mass is 10.1. The molecule has 1 aliphatic rings. The zero-order valence-electron chi connectivity index (χ0n) is 16.2. The maximum Gasteiger partial charge on any atom is 0.277 e. The molecule has 2 aromatic rings. The molecule has 1 fully saturated rings. The number of nitrogens with zero attached hydrogens (tertiary/aromatic N) is 1. The van der Waals surface area contributed by atoms with Crippen LogP contribution < -0.4 is 19.5 Å². The molecular formula is C21H22N2O4S. The summed E-state index contributed by atoms with van der Waals surface area (Å²) in [4.78, 5) is 14.6. The summed E-state index contributed by atoms with van der Waals surface area (Å²) in [6, 6.07) is 13.0. The van der Waals surface area contributed by atoms with Gasteiger partial charge in [-0.3, -0.25) is 9.69 Å². The van der Waals surface area contributed by atoms with Crippen molar-refractivity contribution >= 4 is 29.3 Å². The Morgan fingerprint density at radius 2 is 1.61 bits per heavy atom. The third-order valence-corrected chi connectivity index (χ3v) is 4.91. The van der Waals surface area contributed by atoms with Crippen molar-refractivity contribution in [2.24, 2.45) is 0 Å². The molecule has 0 saturated carbocycles. The summed E-state index contributed by atoms with van der Waals surface area (Å²) in [6.07, 6.45) is 1.70. The molecule has 146 valence electrons. The SMILES string of the molecule is COc1cc(OC)c(OC)cc1/C=C1\NC(=S)N(C(C)c2ccccc2)C1=O. The highest BCUT2D eigenvalue weighted by atomic mass is 32.1. The van der Waals surface area contributed by atoms with Gasteiger partial charge in [-0.2, -0.15) is 0 Å². The molecule has 1 atom stereocenters. The van der Waals surface area contributed by atoms with E-state index < -0.39 is 0 Å². The summed E-state index contributed by atoms with van der Waals surface area (Å²) in [7, 11) is 4.67. The van der Waals surface area contributed by atoms with Gasteiger partial charge in [-0.1, -0.05) is 30.3 Å². The molecule has 0 radical (unpaired) electrons. The Morgan fingerprint density at radius 1 is 1.00 bits per heavy atom. The van der Waals surface area contributed by atoms with E-state index in [1.165, 1.54) is 0 Å². The largest absolute Gasteiger partial charge is 0.496 e. The Balaban J connectivity index is 1.96. The number of thiocarbonyl (C=S) groups is 1. The van der Waals surface area contributed by atoms with E-state index >= 15 is 0 Å². The fraction of sp³-hybridized carbons (Fsp3) is 0.238. The normalized spacial score (nSPS) is 16.1. The van der Waals surface area contributed by atoms with Crippen LogP contribution in [0.3, 0.4) is 0 Å². The van der Waals surface area contributed by atoms with Crippen LogP contribution in [0.4, 0.5) is 0 Å². The minimum atomic E-state index is -0.196. The average molecular weight is 398 g/mol. The Kier molecular flexibility index (Phi) is 5.84. The van der Waals surface area contributed by atoms with Crippen molar-refractivity contribution in [3.63, 3.8) is 0 Å². The zero-order chi connectivity index (χ0) is 20.3. The monoisotopic (exact) mass is 398 g/mol. The lowest BCUT2D eigenvalue weighted by molar-refractivity contribution is -0.123. The first-order chi connectivity index (χ1) is 13.5. The molecule has 1 heterocycles. The van der Waals surface area contributed by atoms with Crippen molar-refractivity contribution < 1.29 is 19.0 Å². The minimum Gasteiger partial charge on any atom is -0.496 e. The van der Waals surface area contributed by atoms with Crippen LogP contribution in [-0.2, 0) is 4.79 Å². The molecule has 0 bridgehead atoms. The van der Waals surface area contributed by atoms with Crippen molar-refractivity contribution in [1.29, 1.82) is 0 Å². The predicted octanol–water partition coefficient (Wildman–Crippen LogP) is 3.53. The maximum atomic E-state index is 13.0. The average Bonchev–Trinajstić information content (AvgIpc) is 3.00. The fourth-order valence-electron chi connectivity index (χ4n) is 3.10. The summed E-state index contributed by atoms with van der Waals surface area (Å²) in [6.45, 7) is 1.95. The summed E-state index contributed by atoms with van der Waals surface area (Å²) in [5.41, 5.74) is 2.05. The number of carbonyl (C=O) groups is 1. The Hall–Kier alpha value is -3.06. The molecule has 0 spiro atoms. The summed E-state index contributed by atoms with van der Waals surface area (Å²) in [5, 5.41) is 3.38. The van der Waals surface area contributed by atoms with E-state index in [4.69, 9.17) is 26.4 Å². The third-order valence-electron chi connectivity index (χ3n) is 4.61. The number of hydrogen-bond acceptors (Lipinski definition) is 5. The molecule has 28 heavy (non-hydrogen) atoms. The van der Waals surface area contributed by atoms with E-state index in [1.54, 1.807) is 44.4 Å². The number of carbonyl (C=O) groups excluding carboxylic acids is 1. The summed E-state index contributed by atoms with van der Waals surface area (Å²) < 4.78 is 16.1. The van der Waals surface area contributed by atoms with Gasteiger partial charge in [-0.05, 0) is 36.8 Å². The fourth-order valence-corrected chi connectivity index (χ4v) is 3.45. The standard InChI is InChI=1S/C21H22N2O4S/c1-13(14-8-6-5-7-9-14)23-20(24)16(22-21(23)28)10-15-11-18(26-3)19(27-4)12-17(15)25-2/h5-13H,1-4H3,(H,22,28)/b16-10-. The van der Waals surface area contributed by atoms with E-state index in [1.807, 2.05) is 37.3 Å². The van der Waals surface area contributed by atoms with Gasteiger partial charge < -0.3 is 19.5 Å². The number of benzene rings is 2. The minimum absolute atomic E-state index is 0.188. The number of amides is 1. The summed E-state index contributed by atoms with van der Waals surface area (Å²) >= 11 is 5.41. The van der Waals surface area contributed by atoms with Gasteiger partial charge >= 0.3 is 0 Å². The molecule has 1 unspecified atom stereocenters. The summed E-state index contributed by atoms with van der Waals surface area (Å²) in [5.74, 6) is 1.44. The van der Waals surface area contributed by atoms with Crippen molar-refractivity contribution in [2.45, 2.75) is 13.0 Å². The van der Waals surface area contributed by atoms with Gasteiger partial charge in [0, 0.05) is 11.6 Å². The highest BCUT2D eigenvalue weighted by Gasteiger charge is 2.35. The van der Waals surface area contributed by atoms with E-state index in [9.17, 15) is 4.79 Å². The Labute approximate surface area is 169 Å². The Morgan fingerprint density at radius 3 is 2.21 bits per heavy atom. The van der Waals surface area contributed by atoms with Gasteiger partial charge in [-0.25, -0.2) is 0 Å². The van der Waals surface area contributed by atoms with E-state index in [2.05, 4.69) is 5.32 Å². The smallest absolute Gasteiger partial charge is 0.277 e. The molecule has 1 N–H and O–H groups in total. The maximum absolute atomic E-state index is 13.0. The highest BCUT2D eigenvalue weighted by Crippen LogP contribution is 2.36. The van der Waals surface area contributed by atoms with Crippen LogP contribution in [0.2, 0.25) is 0 Å². The van der Waals surface area contributed by atoms with Crippen molar-refractivity contribution in [3.05, 3.63) is 59.3 Å². The second-order valence-electron chi connectivity index (χ2n) is 6.20. The molecule has 7 heteroatoms. The molecule has 2 aromatic carbocycles. The van der Waals surface area contributed by atoms with Gasteiger partial charge in [0.15, 0.2) is 16.6 Å². The molecule has 1 amide bonds. The first-order valence-electron chi connectivity index (χ1n) is 8.71. The first-order valence-corrected chi connectivity index (χ1v) is 9.12. The topological polar surface area (TPSA) is 60.0 Å². The molecule has 1 saturated heterocycles. The number of ether oxygens (including phenoxy) is 3. The van der Waals surface area contributed by atoms with Crippen LogP contribution in [0, 0.1) is 0 Å². The zero-order valence-corrected chi connectivity index (χ0v) is 17.0. The molecule has 1 aliphatic heterocycles. The lowest BCUT2D eigenvalue weighted by Crippen LogP contribution is -2.33. The van der Waals surface area contributed by atoms with Crippen LogP contribution in [0.1, 0.15) is 24.1 Å². The number of rotatable bonds is 6. The van der Waals surface area contributed by atoms with Crippen molar-refractivity contribution in [1.82, 2.24) is 10.2 Å². The van der Waals surface area contributed by atoms with Crippen molar-refractivity contribution in [2.75, 3.05) is 21.3 Å². The van der Waals surface area contributed by atoms with E-state index in [-0.39, 0.29) is 11.9 Å². The molecular weight excluding hydrogens is 376 g/mol. The van der Waals surface area contributed by atoms with Gasteiger partial charge in [0.2, 0.25) is 0 Å². The highest BCUT2D eigenvalue weighted by molar-refractivity contribution is 7.80. The quantitative estimate of drug-likeness (QED) is 0.593. The van der Waals surface area contributed by atoms with Crippen LogP contribution in [0.15, 0.2) is 48.2 Å². The molecule has 0 aliphatic carbocycles. The van der Waals surface area contributed by atoms with Gasteiger partial charge in [0.25, 0.3) is 5.91 Å². The number of hydrogen-bond donors (Lipinski definition) is 1. The molecule has 3 rings (SSSR count). The van der Waals surface area contributed by atoms with Crippen LogP contribution in [0.5, 0.6) is 17.2 Å². The first kappa shape index (κ1) is 19.7. The Bertz CT molecular complexity index is 928.